The average molecular weight is 444 g/mol. The molecule has 1 spiro atoms. The van der Waals surface area contributed by atoms with Crippen LogP contribution >= 0.6 is 0 Å². The highest BCUT2D eigenvalue weighted by atomic mass is 16.2. The molecule has 0 unspecified atom stereocenters. The van der Waals surface area contributed by atoms with Crippen molar-refractivity contribution >= 4 is 11.7 Å². The van der Waals surface area contributed by atoms with Crippen LogP contribution in [0, 0.1) is 24.2 Å². The Kier molecular flexibility index (Phi) is 5.62. The second-order valence-corrected chi connectivity index (χ2v) is 10.2. The first-order valence-electron chi connectivity index (χ1n) is 12.2. The largest absolute Gasteiger partial charge is 0.325 e. The summed E-state index contributed by atoms with van der Waals surface area (Å²) in [6.45, 7) is 3.52. The number of hydrogen-bond donors (Lipinski definition) is 1. The first-order valence-corrected chi connectivity index (χ1v) is 12.2. The van der Waals surface area contributed by atoms with Crippen molar-refractivity contribution in [2.75, 3.05) is 25.0 Å². The van der Waals surface area contributed by atoms with Crippen LogP contribution < -0.4 is 10.2 Å². The Morgan fingerprint density at radius 2 is 1.91 bits per heavy atom. The molecular weight excluding hydrogens is 410 g/mol. The maximum absolute atomic E-state index is 13.8. The predicted octanol–water partition coefficient (Wildman–Crippen LogP) is 4.73. The van der Waals surface area contributed by atoms with E-state index < -0.39 is 0 Å². The number of aryl methyl sites for hydroxylation is 1. The summed E-state index contributed by atoms with van der Waals surface area (Å²) in [4.78, 5) is 22.2. The van der Waals surface area contributed by atoms with Crippen LogP contribution in [-0.4, -0.2) is 41.6 Å². The molecule has 0 atom stereocenters. The molecule has 0 bridgehead atoms. The van der Waals surface area contributed by atoms with Gasteiger partial charge in [-0.1, -0.05) is 36.8 Å². The van der Waals surface area contributed by atoms with Gasteiger partial charge in [0.05, 0.1) is 24.0 Å². The van der Waals surface area contributed by atoms with Crippen LogP contribution in [0.1, 0.15) is 61.8 Å². The van der Waals surface area contributed by atoms with Crippen LogP contribution in [0.4, 0.5) is 10.5 Å². The summed E-state index contributed by atoms with van der Waals surface area (Å²) >= 11 is 0. The summed E-state index contributed by atoms with van der Waals surface area (Å²) in [5.74, 6) is 0.621. The van der Waals surface area contributed by atoms with Gasteiger partial charge in [-0.25, -0.2) is 9.78 Å². The third kappa shape index (κ3) is 3.69. The van der Waals surface area contributed by atoms with Crippen LogP contribution in [0.15, 0.2) is 42.6 Å². The first kappa shape index (κ1) is 21.9. The fourth-order valence-electron chi connectivity index (χ4n) is 6.09. The van der Waals surface area contributed by atoms with Crippen molar-refractivity contribution in [1.82, 2.24) is 15.2 Å². The third-order valence-electron chi connectivity index (χ3n) is 8.48. The number of carbonyl (C=O) groups excluding carboxylic acids is 1. The lowest BCUT2D eigenvalue weighted by molar-refractivity contribution is 0.0593. The van der Waals surface area contributed by atoms with E-state index >= 15 is 0 Å². The molecule has 0 radical (unpaired) electrons. The predicted molar refractivity (Wildman–Crippen MR) is 129 cm³/mol. The molecule has 3 fully saturated rings. The van der Waals surface area contributed by atoms with Crippen molar-refractivity contribution in [1.29, 1.82) is 5.26 Å². The van der Waals surface area contributed by atoms with Crippen molar-refractivity contribution in [2.24, 2.45) is 5.92 Å². The monoisotopic (exact) mass is 443 g/mol. The molecule has 5 rings (SSSR count). The molecule has 6 heteroatoms. The van der Waals surface area contributed by atoms with Gasteiger partial charge >= 0.3 is 6.03 Å². The molecule has 172 valence electrons. The molecule has 1 aromatic heterocycles. The highest BCUT2D eigenvalue weighted by Gasteiger charge is 2.54. The Morgan fingerprint density at radius 1 is 1.18 bits per heavy atom. The zero-order valence-electron chi connectivity index (χ0n) is 19.7. The average Bonchev–Trinajstić information content (AvgIpc) is 3.08. The van der Waals surface area contributed by atoms with E-state index in [-0.39, 0.29) is 17.1 Å². The number of hydrogen-bond acceptors (Lipinski definition) is 4. The molecule has 2 aliphatic carbocycles. The smallest absolute Gasteiger partial charge is 0.317 e. The number of anilines is 1. The topological polar surface area (TPSA) is 72.3 Å². The highest BCUT2D eigenvalue weighted by molar-refractivity contribution is 5.96. The number of urea groups is 1. The van der Waals surface area contributed by atoms with E-state index in [0.717, 1.165) is 43.5 Å². The minimum atomic E-state index is -0.151. The van der Waals surface area contributed by atoms with E-state index in [1.807, 2.05) is 11.8 Å². The summed E-state index contributed by atoms with van der Waals surface area (Å²) in [6, 6.07) is 14.7. The number of amides is 2. The lowest BCUT2D eigenvalue weighted by Crippen LogP contribution is -2.56. The van der Waals surface area contributed by atoms with E-state index in [9.17, 15) is 10.1 Å². The third-order valence-corrected chi connectivity index (χ3v) is 8.48. The maximum atomic E-state index is 13.8. The fraction of sp³-hybridized carbons (Fsp3) is 0.519. The number of aromatic nitrogens is 1. The molecule has 1 saturated heterocycles. The van der Waals surface area contributed by atoms with Crippen molar-refractivity contribution < 1.29 is 4.79 Å². The molecule has 33 heavy (non-hydrogen) atoms. The van der Waals surface area contributed by atoms with E-state index in [1.54, 1.807) is 12.3 Å². The van der Waals surface area contributed by atoms with Gasteiger partial charge in [0.25, 0.3) is 0 Å². The molecule has 1 N–H and O–H groups in total. The normalized spacial score (nSPS) is 27.6. The number of nitrogens with zero attached hydrogens (tertiary/aromatic N) is 4. The van der Waals surface area contributed by atoms with Gasteiger partial charge < -0.3 is 10.2 Å². The molecule has 2 heterocycles. The molecule has 1 aromatic carbocycles. The molecule has 3 aliphatic rings. The molecule has 6 nitrogen and oxygen atoms in total. The van der Waals surface area contributed by atoms with Crippen molar-refractivity contribution in [3.8, 4) is 6.07 Å². The molecular formula is C27H33N5O. The number of carbonyl (C=O) groups is 1. The van der Waals surface area contributed by atoms with Gasteiger partial charge in [-0.05, 0) is 75.6 Å². The minimum Gasteiger partial charge on any atom is -0.317 e. The van der Waals surface area contributed by atoms with Gasteiger partial charge in [0.1, 0.15) is 11.8 Å². The van der Waals surface area contributed by atoms with Crippen LogP contribution in [-0.2, 0) is 5.54 Å². The summed E-state index contributed by atoms with van der Waals surface area (Å²) in [5.41, 5.74) is 3.30. The second kappa shape index (κ2) is 8.46. The summed E-state index contributed by atoms with van der Waals surface area (Å²) < 4.78 is 0. The SMILES string of the molecule is CN[C@]1(c2ccccc2)CC[C@]2(CC1)CN(c1cnc(C#N)cc1C)C(=O)N2CC1CCC1. The Morgan fingerprint density at radius 3 is 2.48 bits per heavy atom. The number of pyridine rings is 1. The zero-order chi connectivity index (χ0) is 23.1. The maximum Gasteiger partial charge on any atom is 0.325 e. The minimum absolute atomic E-state index is 0.0446. The quantitative estimate of drug-likeness (QED) is 0.725. The fourth-order valence-corrected chi connectivity index (χ4v) is 6.09. The van der Waals surface area contributed by atoms with Gasteiger partial charge in [-0.3, -0.25) is 4.90 Å². The standard InChI is InChI=1S/C27H33N5O/c1-20-15-23(16-28)30-17-24(20)31-19-26(32(25(31)33)18-21-7-6-8-21)11-13-27(29-2,14-12-26)22-9-4-3-5-10-22/h3-5,9-10,15,17,21,29H,6-8,11-14,18-19H2,1-2H3/t26-,27+. The van der Waals surface area contributed by atoms with E-state index in [0.29, 0.717) is 18.2 Å². The Hall–Kier alpha value is -2.91. The van der Waals surface area contributed by atoms with Crippen LogP contribution in [0.25, 0.3) is 0 Å². The van der Waals surface area contributed by atoms with E-state index in [4.69, 9.17) is 0 Å². The molecule has 2 saturated carbocycles. The highest BCUT2D eigenvalue weighted by Crippen LogP contribution is 2.48. The van der Waals surface area contributed by atoms with Gasteiger partial charge in [-0.2, -0.15) is 5.26 Å². The van der Waals surface area contributed by atoms with Gasteiger partial charge in [0.2, 0.25) is 0 Å². The molecule has 2 aromatic rings. The first-order chi connectivity index (χ1) is 16.0. The molecule has 2 amide bonds. The van der Waals surface area contributed by atoms with Gasteiger partial charge in [-0.15, -0.1) is 0 Å². The van der Waals surface area contributed by atoms with Gasteiger partial charge in [0.15, 0.2) is 0 Å². The van der Waals surface area contributed by atoms with Crippen LogP contribution in [0.2, 0.25) is 0 Å². The van der Waals surface area contributed by atoms with Crippen molar-refractivity contribution in [2.45, 2.75) is 62.9 Å². The number of rotatable bonds is 5. The lowest BCUT2D eigenvalue weighted by atomic mass is 9.68. The number of benzene rings is 1. The number of nitrogens with one attached hydrogen (secondary N) is 1. The summed E-state index contributed by atoms with van der Waals surface area (Å²) in [7, 11) is 2.06. The Bertz CT molecular complexity index is 1060. The van der Waals surface area contributed by atoms with Gasteiger partial charge in [0, 0.05) is 12.1 Å². The molecule has 1 aliphatic heterocycles. The number of nitriles is 1. The van der Waals surface area contributed by atoms with Crippen LogP contribution in [0.5, 0.6) is 0 Å². The van der Waals surface area contributed by atoms with E-state index in [2.05, 4.69) is 58.6 Å². The lowest BCUT2D eigenvalue weighted by Gasteiger charge is -2.49. The van der Waals surface area contributed by atoms with Crippen molar-refractivity contribution in [3.63, 3.8) is 0 Å². The van der Waals surface area contributed by atoms with E-state index in [1.165, 1.54) is 24.8 Å². The Labute approximate surface area is 196 Å². The zero-order valence-corrected chi connectivity index (χ0v) is 19.7. The summed E-state index contributed by atoms with van der Waals surface area (Å²) in [6.07, 6.45) is 9.38. The van der Waals surface area contributed by atoms with Crippen LogP contribution in [0.3, 0.4) is 0 Å². The Balaban J connectivity index is 1.45. The second-order valence-electron chi connectivity index (χ2n) is 10.2. The van der Waals surface area contributed by atoms with Crippen molar-refractivity contribution in [3.05, 3.63) is 59.4 Å². The summed E-state index contributed by atoms with van der Waals surface area (Å²) in [5, 5.41) is 12.8.